The molecule has 0 aliphatic rings. The van der Waals surface area contributed by atoms with Crippen LogP contribution in [0.5, 0.6) is 11.5 Å². The van der Waals surface area contributed by atoms with Crippen molar-refractivity contribution in [3.8, 4) is 11.5 Å². The first kappa shape index (κ1) is 13.3. The summed E-state index contributed by atoms with van der Waals surface area (Å²) in [5, 5.41) is 18.5. The fourth-order valence-corrected chi connectivity index (χ4v) is 1.27. The summed E-state index contributed by atoms with van der Waals surface area (Å²) in [5.41, 5.74) is 3.11. The normalized spacial score (nSPS) is 13.5. The molecule has 1 unspecified atom stereocenters. The number of hydrogen-bond acceptors (Lipinski definition) is 4. The fraction of sp³-hybridized carbons (Fsp3) is 0.300. The molecule has 4 nitrogen and oxygen atoms in total. The van der Waals surface area contributed by atoms with E-state index in [1.54, 1.807) is 0 Å². The van der Waals surface area contributed by atoms with E-state index in [-0.39, 0.29) is 0 Å². The Balaban J connectivity index is 3.44. The lowest BCUT2D eigenvalue weighted by atomic mass is 10.0. The van der Waals surface area contributed by atoms with Gasteiger partial charge in [0.2, 0.25) is 0 Å². The van der Waals surface area contributed by atoms with Crippen LogP contribution >= 0.6 is 0 Å². The molecule has 0 saturated heterocycles. The van der Waals surface area contributed by atoms with Gasteiger partial charge in [-0.15, -0.1) is 0 Å². The number of Topliss-reactive ketones (excluding diaryl/α,β-unsaturated/α-hetero) is 1. The molecule has 0 spiro atoms. The van der Waals surface area contributed by atoms with Gasteiger partial charge in [-0.2, -0.15) is 13.2 Å². The van der Waals surface area contributed by atoms with Crippen LogP contribution in [0.2, 0.25) is 0 Å². The predicted molar refractivity (Wildman–Crippen MR) is 52.8 cm³/mol. The highest BCUT2D eigenvalue weighted by molar-refractivity contribution is 6.02. The minimum atomic E-state index is -4.87. The summed E-state index contributed by atoms with van der Waals surface area (Å²) in [4.78, 5) is 11.4. The zero-order valence-corrected chi connectivity index (χ0v) is 8.75. The number of ketones is 1. The van der Waals surface area contributed by atoms with E-state index < -0.39 is 40.6 Å². The molecule has 0 aliphatic carbocycles. The van der Waals surface area contributed by atoms with Gasteiger partial charge in [-0.1, -0.05) is 0 Å². The van der Waals surface area contributed by atoms with Gasteiger partial charge in [-0.05, 0) is 19.1 Å². The summed E-state index contributed by atoms with van der Waals surface area (Å²) in [6, 6.07) is 0.00704. The average Bonchev–Trinajstić information content (AvgIpc) is 2.18. The van der Waals surface area contributed by atoms with Crippen molar-refractivity contribution in [2.24, 2.45) is 5.73 Å². The number of benzene rings is 1. The molecule has 7 heteroatoms. The molecule has 1 aromatic carbocycles. The maximum absolute atomic E-state index is 12.5. The third-order valence-electron chi connectivity index (χ3n) is 2.08. The molecule has 0 bridgehead atoms. The van der Waals surface area contributed by atoms with E-state index in [1.807, 2.05) is 0 Å². The third-order valence-corrected chi connectivity index (χ3v) is 2.08. The topological polar surface area (TPSA) is 83.6 Å². The van der Waals surface area contributed by atoms with Crippen molar-refractivity contribution >= 4 is 5.78 Å². The molecule has 0 heterocycles. The molecule has 94 valence electrons. The maximum Gasteiger partial charge on any atom is 0.420 e. The van der Waals surface area contributed by atoms with Crippen molar-refractivity contribution in [3.63, 3.8) is 0 Å². The summed E-state index contributed by atoms with van der Waals surface area (Å²) in [6.07, 6.45) is -4.87. The molecule has 0 fully saturated rings. The highest BCUT2D eigenvalue weighted by atomic mass is 19.4. The van der Waals surface area contributed by atoms with Crippen molar-refractivity contribution in [3.05, 3.63) is 23.3 Å². The quantitative estimate of drug-likeness (QED) is 0.549. The number of carbonyl (C=O) groups excluding carboxylic acids is 1. The van der Waals surface area contributed by atoms with E-state index in [4.69, 9.17) is 10.8 Å². The first-order valence-electron chi connectivity index (χ1n) is 4.57. The smallest absolute Gasteiger partial charge is 0.420 e. The minimum Gasteiger partial charge on any atom is -0.508 e. The van der Waals surface area contributed by atoms with Gasteiger partial charge in [0, 0.05) is 0 Å². The first-order chi connectivity index (χ1) is 7.64. The molecule has 17 heavy (non-hydrogen) atoms. The molecule has 0 saturated carbocycles. The van der Waals surface area contributed by atoms with Gasteiger partial charge in [0.25, 0.3) is 0 Å². The monoisotopic (exact) mass is 249 g/mol. The number of carbonyl (C=O) groups is 1. The summed E-state index contributed by atoms with van der Waals surface area (Å²) < 4.78 is 37.4. The van der Waals surface area contributed by atoms with Gasteiger partial charge in [0.05, 0.1) is 11.6 Å². The Morgan fingerprint density at radius 2 is 1.88 bits per heavy atom. The second-order valence-electron chi connectivity index (χ2n) is 3.54. The largest absolute Gasteiger partial charge is 0.508 e. The van der Waals surface area contributed by atoms with E-state index in [0.29, 0.717) is 6.07 Å². The van der Waals surface area contributed by atoms with Crippen LogP contribution in [0.4, 0.5) is 13.2 Å². The zero-order chi connectivity index (χ0) is 13.4. The zero-order valence-electron chi connectivity index (χ0n) is 8.75. The Morgan fingerprint density at radius 3 is 2.29 bits per heavy atom. The lowest BCUT2D eigenvalue weighted by molar-refractivity contribution is -0.138. The van der Waals surface area contributed by atoms with Crippen molar-refractivity contribution in [1.29, 1.82) is 0 Å². The number of phenolic OH excluding ortho intramolecular Hbond substituents is 2. The van der Waals surface area contributed by atoms with Gasteiger partial charge in [-0.25, -0.2) is 0 Å². The van der Waals surface area contributed by atoms with Gasteiger partial charge in [0.1, 0.15) is 17.1 Å². The number of phenols is 2. The molecule has 0 aliphatic heterocycles. The SMILES string of the molecule is CC(N)C(=O)c1cc(O)cc(C(F)(F)F)c1O. The van der Waals surface area contributed by atoms with Crippen LogP contribution in [0, 0.1) is 0 Å². The van der Waals surface area contributed by atoms with E-state index in [1.165, 1.54) is 6.92 Å². The lowest BCUT2D eigenvalue weighted by Crippen LogP contribution is -2.27. The van der Waals surface area contributed by atoms with Crippen molar-refractivity contribution in [2.75, 3.05) is 0 Å². The molecule has 1 aromatic rings. The highest BCUT2D eigenvalue weighted by Crippen LogP contribution is 2.40. The fourth-order valence-electron chi connectivity index (χ4n) is 1.27. The third kappa shape index (κ3) is 2.68. The summed E-state index contributed by atoms with van der Waals surface area (Å²) >= 11 is 0. The molecule has 0 amide bonds. The van der Waals surface area contributed by atoms with Crippen molar-refractivity contribution in [1.82, 2.24) is 0 Å². The van der Waals surface area contributed by atoms with E-state index in [9.17, 15) is 23.1 Å². The number of alkyl halides is 3. The Morgan fingerprint density at radius 1 is 1.35 bits per heavy atom. The van der Waals surface area contributed by atoms with Crippen LogP contribution in [-0.4, -0.2) is 22.0 Å². The molecule has 0 aromatic heterocycles. The number of rotatable bonds is 2. The number of hydrogen-bond donors (Lipinski definition) is 3. The van der Waals surface area contributed by atoms with Crippen molar-refractivity contribution < 1.29 is 28.2 Å². The molecular weight excluding hydrogens is 239 g/mol. The number of halogens is 3. The van der Waals surface area contributed by atoms with Gasteiger partial charge in [-0.3, -0.25) is 4.79 Å². The molecule has 0 radical (unpaired) electrons. The van der Waals surface area contributed by atoms with Gasteiger partial charge >= 0.3 is 6.18 Å². The van der Waals surface area contributed by atoms with Crippen LogP contribution in [-0.2, 0) is 6.18 Å². The van der Waals surface area contributed by atoms with Crippen molar-refractivity contribution in [2.45, 2.75) is 19.1 Å². The van der Waals surface area contributed by atoms with Crippen LogP contribution in [0.1, 0.15) is 22.8 Å². The Hall–Kier alpha value is -1.76. The number of aromatic hydroxyl groups is 2. The Bertz CT molecular complexity index is 455. The second-order valence-corrected chi connectivity index (χ2v) is 3.54. The Labute approximate surface area is 94.5 Å². The second kappa shape index (κ2) is 4.25. The van der Waals surface area contributed by atoms with Crippen LogP contribution < -0.4 is 5.73 Å². The van der Waals surface area contributed by atoms with Crippen LogP contribution in [0.15, 0.2) is 12.1 Å². The molecule has 1 rings (SSSR count). The Kier molecular flexibility index (Phi) is 3.33. The lowest BCUT2D eigenvalue weighted by Gasteiger charge is -2.13. The van der Waals surface area contributed by atoms with E-state index in [0.717, 1.165) is 6.07 Å². The average molecular weight is 249 g/mol. The van der Waals surface area contributed by atoms with E-state index in [2.05, 4.69) is 0 Å². The van der Waals surface area contributed by atoms with Crippen LogP contribution in [0.3, 0.4) is 0 Å². The van der Waals surface area contributed by atoms with Crippen LogP contribution in [0.25, 0.3) is 0 Å². The summed E-state index contributed by atoms with van der Waals surface area (Å²) in [6.45, 7) is 1.26. The minimum absolute atomic E-state index is 0.341. The van der Waals surface area contributed by atoms with E-state index >= 15 is 0 Å². The molecular formula is C10H10F3NO3. The standard InChI is InChI=1S/C10H10F3NO3/c1-4(14)8(16)6-2-5(15)3-7(9(6)17)10(11,12)13/h2-4,15,17H,14H2,1H3. The molecule has 1 atom stereocenters. The van der Waals surface area contributed by atoms with Gasteiger partial charge in [0.15, 0.2) is 5.78 Å². The first-order valence-corrected chi connectivity index (χ1v) is 4.57. The summed E-state index contributed by atoms with van der Waals surface area (Å²) in [5.74, 6) is -2.87. The summed E-state index contributed by atoms with van der Waals surface area (Å²) in [7, 11) is 0. The highest BCUT2D eigenvalue weighted by Gasteiger charge is 2.36. The maximum atomic E-state index is 12.5. The van der Waals surface area contributed by atoms with Gasteiger partial charge < -0.3 is 15.9 Å². The number of nitrogens with two attached hydrogens (primary N) is 1. The molecule has 4 N–H and O–H groups in total. The predicted octanol–water partition coefficient (Wildman–Crippen LogP) is 1.65.